The summed E-state index contributed by atoms with van der Waals surface area (Å²) in [6.45, 7) is 1.83. The minimum Gasteiger partial charge on any atom is -0.404 e. The molecule has 0 aliphatic carbocycles. The average molecular weight is 232 g/mol. The van der Waals surface area contributed by atoms with Crippen molar-refractivity contribution in [3.63, 3.8) is 0 Å². The van der Waals surface area contributed by atoms with Gasteiger partial charge in [-0.1, -0.05) is 11.6 Å². The number of hydrogen-bond acceptors (Lipinski definition) is 2. The van der Waals surface area contributed by atoms with Gasteiger partial charge in [0.25, 0.3) is 0 Å². The number of rotatable bonds is 1. The first kappa shape index (κ1) is 10.3. The van der Waals surface area contributed by atoms with Crippen LogP contribution in [0.4, 0.5) is 13.2 Å². The smallest absolute Gasteiger partial charge is 0.404 e. The zero-order chi connectivity index (χ0) is 11.1. The molecule has 15 heavy (non-hydrogen) atoms. The Balaban J connectivity index is 2.48. The van der Waals surface area contributed by atoms with Crippen LogP contribution < -0.4 is 4.74 Å². The Hall–Kier alpha value is -1.23. The van der Waals surface area contributed by atoms with Crippen molar-refractivity contribution in [2.75, 3.05) is 0 Å². The fourth-order valence-electron chi connectivity index (χ4n) is 1.32. The zero-order valence-corrected chi connectivity index (χ0v) is 8.58. The summed E-state index contributed by atoms with van der Waals surface area (Å²) in [5, 5.41) is 1.88. The molecule has 1 heterocycles. The topological polar surface area (TPSA) is 9.23 Å². The molecule has 1 aromatic heterocycles. The molecule has 80 valence electrons. The predicted molar refractivity (Wildman–Crippen MR) is 53.2 cm³/mol. The highest BCUT2D eigenvalue weighted by molar-refractivity contribution is 7.17. The van der Waals surface area contributed by atoms with E-state index in [-0.39, 0.29) is 5.75 Å². The van der Waals surface area contributed by atoms with Crippen LogP contribution in [0.25, 0.3) is 10.1 Å². The van der Waals surface area contributed by atoms with Gasteiger partial charge in [0.05, 0.1) is 0 Å². The first-order chi connectivity index (χ1) is 6.96. The van der Waals surface area contributed by atoms with Crippen LogP contribution in [-0.2, 0) is 0 Å². The lowest BCUT2D eigenvalue weighted by Crippen LogP contribution is -2.16. The SMILES string of the molecule is Cc1ccc2scc(OC(F)(F)F)c2c1. The molecule has 5 heteroatoms. The van der Waals surface area contributed by atoms with E-state index in [0.29, 0.717) is 5.39 Å². The number of halogens is 3. The summed E-state index contributed by atoms with van der Waals surface area (Å²) in [4.78, 5) is 0. The molecule has 0 spiro atoms. The highest BCUT2D eigenvalue weighted by Crippen LogP contribution is 2.35. The average Bonchev–Trinajstić information content (AvgIpc) is 2.46. The van der Waals surface area contributed by atoms with Crippen molar-refractivity contribution in [3.05, 3.63) is 29.1 Å². The second kappa shape index (κ2) is 3.41. The lowest BCUT2D eigenvalue weighted by molar-refractivity contribution is -0.274. The first-order valence-electron chi connectivity index (χ1n) is 4.19. The third kappa shape index (κ3) is 2.23. The maximum Gasteiger partial charge on any atom is 0.573 e. The van der Waals surface area contributed by atoms with Gasteiger partial charge in [0.1, 0.15) is 5.75 Å². The lowest BCUT2D eigenvalue weighted by Gasteiger charge is -2.07. The van der Waals surface area contributed by atoms with Gasteiger partial charge < -0.3 is 4.74 Å². The van der Waals surface area contributed by atoms with Gasteiger partial charge in [-0.3, -0.25) is 0 Å². The Kier molecular flexibility index (Phi) is 2.34. The minimum absolute atomic E-state index is 0.119. The molecule has 0 saturated carbocycles. The number of hydrogen-bond donors (Lipinski definition) is 0. The number of ether oxygens (including phenoxy) is 1. The summed E-state index contributed by atoms with van der Waals surface area (Å²) in [5.41, 5.74) is 0.910. The fourth-order valence-corrected chi connectivity index (χ4v) is 2.17. The van der Waals surface area contributed by atoms with E-state index in [2.05, 4.69) is 4.74 Å². The van der Waals surface area contributed by atoms with Gasteiger partial charge in [-0.25, -0.2) is 0 Å². The number of alkyl halides is 3. The third-order valence-electron chi connectivity index (χ3n) is 1.92. The third-order valence-corrected chi connectivity index (χ3v) is 2.86. The van der Waals surface area contributed by atoms with Crippen molar-refractivity contribution in [3.8, 4) is 5.75 Å². The zero-order valence-electron chi connectivity index (χ0n) is 7.76. The van der Waals surface area contributed by atoms with E-state index in [0.717, 1.165) is 10.3 Å². The van der Waals surface area contributed by atoms with Gasteiger partial charge in [0.2, 0.25) is 0 Å². The fraction of sp³-hybridized carbons (Fsp3) is 0.200. The van der Waals surface area contributed by atoms with Gasteiger partial charge >= 0.3 is 6.36 Å². The molecule has 0 fully saturated rings. The normalized spacial score (nSPS) is 12.0. The Morgan fingerprint density at radius 3 is 2.67 bits per heavy atom. The van der Waals surface area contributed by atoms with Crippen LogP contribution in [0.15, 0.2) is 23.6 Å². The highest BCUT2D eigenvalue weighted by Gasteiger charge is 2.32. The summed E-state index contributed by atoms with van der Waals surface area (Å²) in [6, 6.07) is 5.33. The first-order valence-corrected chi connectivity index (χ1v) is 5.07. The van der Waals surface area contributed by atoms with Gasteiger partial charge in [-0.05, 0) is 19.1 Å². The largest absolute Gasteiger partial charge is 0.573 e. The second-order valence-corrected chi connectivity index (χ2v) is 4.06. The van der Waals surface area contributed by atoms with Crippen LogP contribution in [-0.4, -0.2) is 6.36 Å². The van der Waals surface area contributed by atoms with E-state index in [4.69, 9.17) is 0 Å². The highest BCUT2D eigenvalue weighted by atomic mass is 32.1. The molecular weight excluding hydrogens is 225 g/mol. The number of fused-ring (bicyclic) bond motifs is 1. The van der Waals surface area contributed by atoms with E-state index >= 15 is 0 Å². The molecule has 0 N–H and O–H groups in total. The molecule has 0 radical (unpaired) electrons. The molecule has 0 unspecified atom stereocenters. The summed E-state index contributed by atoms with van der Waals surface area (Å²) < 4.78 is 40.8. The van der Waals surface area contributed by atoms with E-state index in [1.54, 1.807) is 12.1 Å². The van der Waals surface area contributed by atoms with Crippen LogP contribution in [0.5, 0.6) is 5.75 Å². The minimum atomic E-state index is -4.63. The van der Waals surface area contributed by atoms with Gasteiger partial charge in [0, 0.05) is 15.5 Å². The molecule has 0 aliphatic rings. The standard InChI is InChI=1S/C10H7F3OS/c1-6-2-3-9-7(4-6)8(5-15-9)14-10(11,12)13/h2-5H,1H3. The molecule has 2 rings (SSSR count). The predicted octanol–water partition coefficient (Wildman–Crippen LogP) is 4.11. The Morgan fingerprint density at radius 1 is 1.27 bits per heavy atom. The molecule has 0 aliphatic heterocycles. The number of aryl methyl sites for hydroxylation is 1. The van der Waals surface area contributed by atoms with Crippen molar-refractivity contribution in [1.29, 1.82) is 0 Å². The van der Waals surface area contributed by atoms with Crippen LogP contribution in [0, 0.1) is 6.92 Å². The molecule has 0 bridgehead atoms. The van der Waals surface area contributed by atoms with Crippen LogP contribution in [0.2, 0.25) is 0 Å². The van der Waals surface area contributed by atoms with Gasteiger partial charge in [-0.15, -0.1) is 24.5 Å². The monoisotopic (exact) mass is 232 g/mol. The Labute approximate surface area is 88.1 Å². The Morgan fingerprint density at radius 2 is 2.00 bits per heavy atom. The molecule has 0 amide bonds. The van der Waals surface area contributed by atoms with Crippen molar-refractivity contribution in [2.24, 2.45) is 0 Å². The molecular formula is C10H7F3OS. The van der Waals surface area contributed by atoms with Gasteiger partial charge in [0.15, 0.2) is 0 Å². The maximum atomic E-state index is 12.0. The van der Waals surface area contributed by atoms with Crippen molar-refractivity contribution < 1.29 is 17.9 Å². The van der Waals surface area contributed by atoms with Crippen LogP contribution in [0.1, 0.15) is 5.56 Å². The molecule has 1 nitrogen and oxygen atoms in total. The maximum absolute atomic E-state index is 12.0. The summed E-state index contributed by atoms with van der Waals surface area (Å²) in [7, 11) is 0. The van der Waals surface area contributed by atoms with E-state index in [9.17, 15) is 13.2 Å². The quantitative estimate of drug-likeness (QED) is 0.719. The Bertz CT molecular complexity index is 487. The molecule has 1 aromatic carbocycles. The van der Waals surface area contributed by atoms with Crippen molar-refractivity contribution in [2.45, 2.75) is 13.3 Å². The van der Waals surface area contributed by atoms with E-state index in [1.165, 1.54) is 16.7 Å². The van der Waals surface area contributed by atoms with E-state index < -0.39 is 6.36 Å². The van der Waals surface area contributed by atoms with Crippen molar-refractivity contribution >= 4 is 21.4 Å². The molecule has 2 aromatic rings. The molecule has 0 saturated heterocycles. The van der Waals surface area contributed by atoms with Crippen LogP contribution >= 0.6 is 11.3 Å². The molecule has 0 atom stereocenters. The van der Waals surface area contributed by atoms with Crippen molar-refractivity contribution in [1.82, 2.24) is 0 Å². The number of thiophene rings is 1. The summed E-state index contributed by atoms with van der Waals surface area (Å²) in [5.74, 6) is -0.119. The van der Waals surface area contributed by atoms with Crippen LogP contribution in [0.3, 0.4) is 0 Å². The summed E-state index contributed by atoms with van der Waals surface area (Å²) >= 11 is 1.24. The second-order valence-electron chi connectivity index (χ2n) is 3.15. The van der Waals surface area contributed by atoms with Gasteiger partial charge in [-0.2, -0.15) is 0 Å². The summed E-state index contributed by atoms with van der Waals surface area (Å²) in [6.07, 6.45) is -4.63. The number of benzene rings is 1. The van der Waals surface area contributed by atoms with E-state index in [1.807, 2.05) is 13.0 Å². The lowest BCUT2D eigenvalue weighted by atomic mass is 10.2.